The molecule has 4 rings (SSSR count). The van der Waals surface area contributed by atoms with E-state index in [0.29, 0.717) is 10.8 Å². The van der Waals surface area contributed by atoms with Crippen LogP contribution in [0, 0.1) is 46.3 Å². The van der Waals surface area contributed by atoms with Crippen LogP contribution >= 0.6 is 0 Å². The molecule has 0 unspecified atom stereocenters. The minimum atomic E-state index is -0.114. The average molecular weight is 443 g/mol. The number of allylic oxidation sites excluding steroid dienone is 1. The summed E-state index contributed by atoms with van der Waals surface area (Å²) >= 11 is 0. The highest BCUT2D eigenvalue weighted by Crippen LogP contribution is 2.66. The van der Waals surface area contributed by atoms with Gasteiger partial charge in [0.2, 0.25) is 0 Å². The van der Waals surface area contributed by atoms with Crippen molar-refractivity contribution in [3.8, 4) is 0 Å². The Kier molecular flexibility index (Phi) is 7.19. The van der Waals surface area contributed by atoms with Crippen molar-refractivity contribution in [2.24, 2.45) is 46.3 Å². The molecular formula is C30H50O2. The fourth-order valence-corrected chi connectivity index (χ4v) is 9.18. The van der Waals surface area contributed by atoms with Crippen LogP contribution in [0.5, 0.6) is 0 Å². The van der Waals surface area contributed by atoms with E-state index in [1.165, 1.54) is 64.2 Å². The summed E-state index contributed by atoms with van der Waals surface area (Å²) in [5, 5.41) is 0. The van der Waals surface area contributed by atoms with Gasteiger partial charge in [0, 0.05) is 13.3 Å². The maximum atomic E-state index is 11.5. The quantitative estimate of drug-likeness (QED) is 0.292. The third-order valence-electron chi connectivity index (χ3n) is 11.2. The van der Waals surface area contributed by atoms with Crippen LogP contribution in [-0.2, 0) is 9.53 Å². The molecule has 0 aromatic rings. The Balaban J connectivity index is 1.42. The second-order valence-electron chi connectivity index (χ2n) is 12.9. The first-order valence-corrected chi connectivity index (χ1v) is 14.1. The van der Waals surface area contributed by atoms with Gasteiger partial charge in [0.25, 0.3) is 0 Å². The summed E-state index contributed by atoms with van der Waals surface area (Å²) in [6.07, 6.45) is 18.7. The van der Waals surface area contributed by atoms with Crippen molar-refractivity contribution in [2.75, 3.05) is 0 Å². The van der Waals surface area contributed by atoms with Crippen molar-refractivity contribution < 1.29 is 9.53 Å². The largest absolute Gasteiger partial charge is 0.462 e. The molecule has 4 aliphatic carbocycles. The lowest BCUT2D eigenvalue weighted by Crippen LogP contribution is -2.50. The lowest BCUT2D eigenvalue weighted by atomic mass is 9.47. The number of esters is 1. The van der Waals surface area contributed by atoms with Gasteiger partial charge in [-0.05, 0) is 97.7 Å². The summed E-state index contributed by atoms with van der Waals surface area (Å²) in [5.41, 5.74) is 2.55. The molecule has 0 bridgehead atoms. The summed E-state index contributed by atoms with van der Waals surface area (Å²) in [5.74, 6) is 5.26. The van der Waals surface area contributed by atoms with E-state index in [1.807, 2.05) is 0 Å². The monoisotopic (exact) mass is 442 g/mol. The summed E-state index contributed by atoms with van der Waals surface area (Å²) in [7, 11) is 0. The van der Waals surface area contributed by atoms with E-state index in [4.69, 9.17) is 4.74 Å². The van der Waals surface area contributed by atoms with Gasteiger partial charge in [-0.15, -0.1) is 0 Å². The van der Waals surface area contributed by atoms with Gasteiger partial charge in [0.05, 0.1) is 0 Å². The number of carbonyl (C=O) groups is 1. The molecule has 0 radical (unpaired) electrons. The predicted molar refractivity (Wildman–Crippen MR) is 133 cm³/mol. The molecule has 8 atom stereocenters. The molecule has 3 saturated carbocycles. The number of hydrogen-bond donors (Lipinski definition) is 0. The normalized spacial score (nSPS) is 42.0. The summed E-state index contributed by atoms with van der Waals surface area (Å²) in [6, 6.07) is 0. The number of hydrogen-bond acceptors (Lipinski definition) is 2. The Labute approximate surface area is 198 Å². The van der Waals surface area contributed by atoms with E-state index in [1.54, 1.807) is 12.5 Å². The minimum absolute atomic E-state index is 0.114. The molecule has 182 valence electrons. The van der Waals surface area contributed by atoms with Gasteiger partial charge >= 0.3 is 5.97 Å². The topological polar surface area (TPSA) is 26.3 Å². The van der Waals surface area contributed by atoms with Crippen molar-refractivity contribution in [3.05, 3.63) is 11.6 Å². The molecule has 0 heterocycles. The average Bonchev–Trinajstić information content (AvgIpc) is 3.07. The van der Waals surface area contributed by atoms with Crippen LogP contribution in [0.3, 0.4) is 0 Å². The van der Waals surface area contributed by atoms with E-state index in [2.05, 4.69) is 40.7 Å². The van der Waals surface area contributed by atoms with Gasteiger partial charge in [-0.25, -0.2) is 0 Å². The third kappa shape index (κ3) is 4.34. The number of rotatable bonds is 7. The molecule has 0 aromatic heterocycles. The molecule has 0 N–H and O–H groups in total. The standard InChI is InChI=1S/C30H50O2/c1-7-22(20(2)3)9-8-10-23-12-14-27-26-13-11-24-19-25(32-21(4)31)15-17-30(24,6)28(26)16-18-29(23,27)5/h11,20,22-23,25-28H,7-10,12-19H2,1-6H3/t22-,23-,25+,26-,27-,28-,29+,30+/m1/s1. The SMILES string of the molecule is CC[C@H](CCC[C@@H]1CC[C@@H]2[C@H]3CC=C4C[C@@H](OC(C)=O)CC[C@]4(C)[C@@H]3CC[C@@]12C)C(C)C. The van der Waals surface area contributed by atoms with Crippen LogP contribution < -0.4 is 0 Å². The van der Waals surface area contributed by atoms with Crippen LogP contribution in [0.1, 0.15) is 119 Å². The highest BCUT2D eigenvalue weighted by Gasteiger charge is 2.58. The van der Waals surface area contributed by atoms with Gasteiger partial charge in [-0.1, -0.05) is 65.5 Å². The third-order valence-corrected chi connectivity index (χ3v) is 11.2. The Morgan fingerprint density at radius 2 is 1.91 bits per heavy atom. The Bertz CT molecular complexity index is 708. The number of ether oxygens (including phenoxy) is 1. The second-order valence-corrected chi connectivity index (χ2v) is 12.9. The molecule has 0 amide bonds. The fourth-order valence-electron chi connectivity index (χ4n) is 9.18. The van der Waals surface area contributed by atoms with Gasteiger partial charge in [-0.3, -0.25) is 4.79 Å². The van der Waals surface area contributed by atoms with E-state index in [0.717, 1.165) is 48.3 Å². The molecule has 0 saturated heterocycles. The van der Waals surface area contributed by atoms with Crippen molar-refractivity contribution >= 4 is 5.97 Å². The van der Waals surface area contributed by atoms with Gasteiger partial charge in [0.1, 0.15) is 6.10 Å². The first-order chi connectivity index (χ1) is 15.2. The lowest BCUT2D eigenvalue weighted by molar-refractivity contribution is -0.148. The van der Waals surface area contributed by atoms with Crippen molar-refractivity contribution in [1.82, 2.24) is 0 Å². The van der Waals surface area contributed by atoms with Gasteiger partial charge in [0.15, 0.2) is 0 Å². The predicted octanol–water partition coefficient (Wildman–Crippen LogP) is 8.35. The Morgan fingerprint density at radius 3 is 2.59 bits per heavy atom. The second kappa shape index (κ2) is 9.46. The molecule has 2 heteroatoms. The van der Waals surface area contributed by atoms with Gasteiger partial charge in [-0.2, -0.15) is 0 Å². The van der Waals surface area contributed by atoms with Crippen LogP contribution in [0.25, 0.3) is 0 Å². The Hall–Kier alpha value is -0.790. The molecule has 3 fully saturated rings. The molecular weight excluding hydrogens is 392 g/mol. The number of carbonyl (C=O) groups excluding carboxylic acids is 1. The fraction of sp³-hybridized carbons (Fsp3) is 0.900. The van der Waals surface area contributed by atoms with E-state index < -0.39 is 0 Å². The molecule has 0 aromatic carbocycles. The molecule has 4 aliphatic rings. The lowest BCUT2D eigenvalue weighted by Gasteiger charge is -2.58. The van der Waals surface area contributed by atoms with Crippen molar-refractivity contribution in [2.45, 2.75) is 125 Å². The van der Waals surface area contributed by atoms with E-state index in [-0.39, 0.29) is 12.1 Å². The number of fused-ring (bicyclic) bond motifs is 5. The molecule has 2 nitrogen and oxygen atoms in total. The zero-order chi connectivity index (χ0) is 23.1. The summed E-state index contributed by atoms with van der Waals surface area (Å²) in [6.45, 7) is 14.0. The first kappa shape index (κ1) is 24.3. The highest BCUT2D eigenvalue weighted by molar-refractivity contribution is 5.66. The maximum Gasteiger partial charge on any atom is 0.302 e. The molecule has 0 spiro atoms. The zero-order valence-corrected chi connectivity index (χ0v) is 21.9. The maximum absolute atomic E-state index is 11.5. The van der Waals surface area contributed by atoms with Crippen molar-refractivity contribution in [1.29, 1.82) is 0 Å². The first-order valence-electron chi connectivity index (χ1n) is 14.1. The van der Waals surface area contributed by atoms with E-state index >= 15 is 0 Å². The zero-order valence-electron chi connectivity index (χ0n) is 21.9. The molecule has 32 heavy (non-hydrogen) atoms. The van der Waals surface area contributed by atoms with Crippen LogP contribution in [0.2, 0.25) is 0 Å². The van der Waals surface area contributed by atoms with Crippen molar-refractivity contribution in [3.63, 3.8) is 0 Å². The highest BCUT2D eigenvalue weighted by atomic mass is 16.5. The Morgan fingerprint density at radius 1 is 1.12 bits per heavy atom. The van der Waals surface area contributed by atoms with E-state index in [9.17, 15) is 4.79 Å². The van der Waals surface area contributed by atoms with Gasteiger partial charge < -0.3 is 4.74 Å². The summed E-state index contributed by atoms with van der Waals surface area (Å²) < 4.78 is 5.62. The summed E-state index contributed by atoms with van der Waals surface area (Å²) in [4.78, 5) is 11.5. The minimum Gasteiger partial charge on any atom is -0.462 e. The van der Waals surface area contributed by atoms with Crippen LogP contribution in [-0.4, -0.2) is 12.1 Å². The molecule has 0 aliphatic heterocycles. The smallest absolute Gasteiger partial charge is 0.302 e. The van der Waals surface area contributed by atoms with Crippen LogP contribution in [0.4, 0.5) is 0 Å². The van der Waals surface area contributed by atoms with Crippen LogP contribution in [0.15, 0.2) is 11.6 Å².